The minimum absolute atomic E-state index is 0.0462. The van der Waals surface area contributed by atoms with Crippen LogP contribution in [-0.4, -0.2) is 66.7 Å². The molecular weight excluding hydrogens is 540 g/mol. The fourth-order valence-corrected chi connectivity index (χ4v) is 5.26. The van der Waals surface area contributed by atoms with E-state index >= 15 is 0 Å². The van der Waals surface area contributed by atoms with Crippen molar-refractivity contribution in [2.75, 3.05) is 44.3 Å². The third-order valence-corrected chi connectivity index (χ3v) is 7.83. The summed E-state index contributed by atoms with van der Waals surface area (Å²) in [7, 11) is -2.47. The summed E-state index contributed by atoms with van der Waals surface area (Å²) in [6.45, 7) is 1.06. The number of likely N-dealkylation sites (N-methyl/N-ethyl adjacent to an activating group) is 1. The second-order valence-corrected chi connectivity index (χ2v) is 10.6. The highest BCUT2D eigenvalue weighted by atomic mass is 32.2. The zero-order valence-electron chi connectivity index (χ0n) is 20.5. The maximum absolute atomic E-state index is 14.6. The molecule has 9 nitrogen and oxygen atoms in total. The number of aromatic nitrogens is 2. The molecule has 14 heteroatoms. The number of benzene rings is 2. The highest BCUT2D eigenvalue weighted by Gasteiger charge is 2.35. The highest BCUT2D eigenvalue weighted by molar-refractivity contribution is 7.89. The predicted molar refractivity (Wildman–Crippen MR) is 134 cm³/mol. The molecule has 4 rings (SSSR count). The van der Waals surface area contributed by atoms with E-state index < -0.39 is 49.6 Å². The molecule has 204 valence electrons. The minimum Gasteiger partial charge on any atom is -0.368 e. The number of hydrogen-bond acceptors (Lipinski definition) is 7. The minimum atomic E-state index is -4.82. The third-order valence-electron chi connectivity index (χ3n) is 5.87. The molecule has 0 bridgehead atoms. The first kappa shape index (κ1) is 28.0. The Balaban J connectivity index is 1.68. The zero-order chi connectivity index (χ0) is 28.4. The Kier molecular flexibility index (Phi) is 7.86. The lowest BCUT2D eigenvalue weighted by Gasteiger charge is -2.32. The molecule has 2 heterocycles. The molecule has 3 aromatic rings. The van der Waals surface area contributed by atoms with Crippen molar-refractivity contribution in [2.24, 2.45) is 0 Å². The van der Waals surface area contributed by atoms with Crippen LogP contribution in [0.5, 0.6) is 0 Å². The van der Waals surface area contributed by atoms with Crippen molar-refractivity contribution < 1.29 is 30.8 Å². The molecule has 1 fully saturated rings. The van der Waals surface area contributed by atoms with Crippen LogP contribution in [0.1, 0.15) is 27.0 Å². The van der Waals surface area contributed by atoms with E-state index in [2.05, 4.69) is 27.1 Å². The number of nitrogens with two attached hydrogens (primary N) is 1. The molecule has 0 radical (unpaired) electrons. The van der Waals surface area contributed by atoms with Gasteiger partial charge >= 0.3 is 6.18 Å². The summed E-state index contributed by atoms with van der Waals surface area (Å²) in [5, 5.41) is 2.16. The van der Waals surface area contributed by atoms with Gasteiger partial charge < -0.3 is 16.0 Å². The lowest BCUT2D eigenvalue weighted by molar-refractivity contribution is -0.137. The van der Waals surface area contributed by atoms with Gasteiger partial charge in [0.05, 0.1) is 22.4 Å². The summed E-state index contributed by atoms with van der Waals surface area (Å²) in [4.78, 5) is 22.0. The van der Waals surface area contributed by atoms with Crippen molar-refractivity contribution in [3.63, 3.8) is 0 Å². The van der Waals surface area contributed by atoms with E-state index in [1.54, 1.807) is 0 Å². The van der Waals surface area contributed by atoms with Crippen LogP contribution >= 0.6 is 0 Å². The topological polar surface area (TPSA) is 122 Å². The fourth-order valence-electron chi connectivity index (χ4n) is 3.71. The monoisotopic (exact) mass is 562 g/mol. The summed E-state index contributed by atoms with van der Waals surface area (Å²) < 4.78 is 82.7. The summed E-state index contributed by atoms with van der Waals surface area (Å²) in [5.41, 5.74) is 3.67. The number of piperazine rings is 1. The second kappa shape index (κ2) is 11.0. The fraction of sp³-hybridized carbons (Fsp3) is 0.240. The van der Waals surface area contributed by atoms with Gasteiger partial charge in [0, 0.05) is 44.1 Å². The molecule has 1 saturated heterocycles. The average molecular weight is 563 g/mol. The largest absolute Gasteiger partial charge is 0.416 e. The molecule has 2 aromatic carbocycles. The lowest BCUT2D eigenvalue weighted by atomic mass is 10.1. The first-order valence-corrected chi connectivity index (χ1v) is 12.9. The highest BCUT2D eigenvalue weighted by Crippen LogP contribution is 2.35. The van der Waals surface area contributed by atoms with Gasteiger partial charge in [-0.2, -0.15) is 17.5 Å². The van der Waals surface area contributed by atoms with Crippen LogP contribution in [-0.2, 0) is 16.2 Å². The quantitative estimate of drug-likeness (QED) is 0.371. The number of carbonyl (C=O) groups is 1. The van der Waals surface area contributed by atoms with Crippen molar-refractivity contribution in [3.8, 4) is 11.8 Å². The standard InChI is InChI=1S/C25H22F4N6O3S/c1-34-8-10-35(11-9-34)39(37,38)22-7-5-18(25(27,28)29)13-21(22)33-23(36)19-12-16(4-6-20(19)26)2-3-17-14-31-24(30)32-15-17/h4-7,12-15H,8-11H2,1H3,(H,33,36)(H2,30,31,32). The Hall–Kier alpha value is -4.06. The van der Waals surface area contributed by atoms with Crippen molar-refractivity contribution in [1.82, 2.24) is 19.2 Å². The van der Waals surface area contributed by atoms with Crippen LogP contribution in [0.25, 0.3) is 0 Å². The number of carbonyl (C=O) groups excluding carboxylic acids is 1. The zero-order valence-corrected chi connectivity index (χ0v) is 21.3. The number of nitrogen functional groups attached to an aromatic ring is 1. The number of hydrogen-bond donors (Lipinski definition) is 2. The molecule has 0 unspecified atom stereocenters. The first-order valence-electron chi connectivity index (χ1n) is 11.4. The molecule has 0 aliphatic carbocycles. The van der Waals surface area contributed by atoms with Crippen molar-refractivity contribution in [2.45, 2.75) is 11.1 Å². The summed E-state index contributed by atoms with van der Waals surface area (Å²) in [5.74, 6) is 3.34. The van der Waals surface area contributed by atoms with Crippen LogP contribution in [0.3, 0.4) is 0 Å². The van der Waals surface area contributed by atoms with E-state index in [0.717, 1.165) is 22.5 Å². The van der Waals surface area contributed by atoms with Crippen LogP contribution in [0.15, 0.2) is 53.7 Å². The molecule has 0 saturated carbocycles. The van der Waals surface area contributed by atoms with Crippen molar-refractivity contribution >= 4 is 27.6 Å². The maximum Gasteiger partial charge on any atom is 0.416 e. The number of rotatable bonds is 4. The summed E-state index contributed by atoms with van der Waals surface area (Å²) >= 11 is 0. The number of sulfonamides is 1. The van der Waals surface area contributed by atoms with Crippen molar-refractivity contribution in [3.05, 3.63) is 76.9 Å². The number of alkyl halides is 3. The van der Waals surface area contributed by atoms with Gasteiger partial charge in [-0.1, -0.05) is 11.8 Å². The molecule has 3 N–H and O–H groups in total. The Morgan fingerprint density at radius 2 is 1.64 bits per heavy atom. The SMILES string of the molecule is CN1CCN(S(=O)(=O)c2ccc(C(F)(F)F)cc2NC(=O)c2cc(C#Cc3cnc(N)nc3)ccc2F)CC1. The van der Waals surface area contributed by atoms with Gasteiger partial charge in [-0.25, -0.2) is 22.8 Å². The Bertz CT molecular complexity index is 1560. The number of halogens is 4. The number of nitrogens with one attached hydrogen (secondary N) is 1. The number of nitrogens with zero attached hydrogens (tertiary/aromatic N) is 4. The van der Waals surface area contributed by atoms with Gasteiger partial charge in [-0.05, 0) is 43.4 Å². The molecular formula is C25H22F4N6O3S. The molecule has 1 aliphatic rings. The van der Waals surface area contributed by atoms with Gasteiger partial charge in [0.15, 0.2) is 0 Å². The van der Waals surface area contributed by atoms with Gasteiger partial charge in [0.1, 0.15) is 10.7 Å². The number of amides is 1. The molecule has 39 heavy (non-hydrogen) atoms. The van der Waals surface area contributed by atoms with Gasteiger partial charge in [0.2, 0.25) is 16.0 Å². The number of anilines is 2. The van der Waals surface area contributed by atoms with Gasteiger partial charge in [-0.3, -0.25) is 4.79 Å². The van der Waals surface area contributed by atoms with Gasteiger partial charge in [-0.15, -0.1) is 0 Å². The maximum atomic E-state index is 14.6. The Morgan fingerprint density at radius 3 is 2.28 bits per heavy atom. The third kappa shape index (κ3) is 6.51. The van der Waals surface area contributed by atoms with E-state index in [-0.39, 0.29) is 24.6 Å². The van der Waals surface area contributed by atoms with E-state index in [1.807, 2.05) is 11.9 Å². The lowest BCUT2D eigenvalue weighted by Crippen LogP contribution is -2.47. The smallest absolute Gasteiger partial charge is 0.368 e. The van der Waals surface area contributed by atoms with E-state index in [4.69, 9.17) is 5.73 Å². The molecule has 1 amide bonds. The van der Waals surface area contributed by atoms with E-state index in [1.165, 1.54) is 18.5 Å². The predicted octanol–water partition coefficient (Wildman–Crippen LogP) is 2.80. The first-order chi connectivity index (χ1) is 18.3. The molecule has 1 aromatic heterocycles. The Labute approximate surface area is 221 Å². The van der Waals surface area contributed by atoms with Crippen LogP contribution in [0.4, 0.5) is 29.2 Å². The summed E-state index contributed by atoms with van der Waals surface area (Å²) in [6, 6.07) is 5.29. The van der Waals surface area contributed by atoms with Crippen LogP contribution in [0.2, 0.25) is 0 Å². The summed E-state index contributed by atoms with van der Waals surface area (Å²) in [6.07, 6.45) is -2.09. The normalized spacial score (nSPS) is 14.9. The average Bonchev–Trinajstić information content (AvgIpc) is 2.88. The molecule has 0 atom stereocenters. The van der Waals surface area contributed by atoms with Gasteiger partial charge in [0.25, 0.3) is 5.91 Å². The van der Waals surface area contributed by atoms with E-state index in [0.29, 0.717) is 30.8 Å². The van der Waals surface area contributed by atoms with Crippen LogP contribution in [0, 0.1) is 17.7 Å². The molecule has 1 aliphatic heterocycles. The second-order valence-electron chi connectivity index (χ2n) is 8.64. The van der Waals surface area contributed by atoms with Crippen LogP contribution < -0.4 is 11.1 Å². The van der Waals surface area contributed by atoms with Crippen molar-refractivity contribution in [1.29, 1.82) is 0 Å². The van der Waals surface area contributed by atoms with E-state index in [9.17, 15) is 30.8 Å². The Morgan fingerprint density at radius 1 is 1.00 bits per heavy atom. The molecule has 0 spiro atoms.